The molecule has 37 heavy (non-hydrogen) atoms. The molecule has 3 saturated heterocycles. The highest BCUT2D eigenvalue weighted by molar-refractivity contribution is 7.86. The summed E-state index contributed by atoms with van der Waals surface area (Å²) < 4.78 is 142. The quantitative estimate of drug-likeness (QED) is 0.214. The lowest BCUT2D eigenvalue weighted by atomic mass is 9.81. The molecule has 3 heterocycles. The van der Waals surface area contributed by atoms with Gasteiger partial charge in [-0.2, -0.15) is 39.5 Å². The largest absolute Gasteiger partial charge is 0.741 e. The Hall–Kier alpha value is -2.36. The first-order chi connectivity index (χ1) is 16.8. The van der Waals surface area contributed by atoms with Crippen LogP contribution in [0.3, 0.4) is 0 Å². The van der Waals surface area contributed by atoms with Crippen LogP contribution in [0.15, 0.2) is 48.5 Å². The minimum absolute atomic E-state index is 0.0470. The van der Waals surface area contributed by atoms with Crippen LogP contribution in [0.1, 0.15) is 34.3 Å². The first-order valence-electron chi connectivity index (χ1n) is 10.7. The van der Waals surface area contributed by atoms with Gasteiger partial charge in [-0.1, -0.05) is 36.4 Å². The Morgan fingerprint density at radius 3 is 1.57 bits per heavy atom. The Kier molecular flexibility index (Phi) is 7.69. The third-order valence-electron chi connectivity index (χ3n) is 6.61. The van der Waals surface area contributed by atoms with Gasteiger partial charge in [-0.3, -0.25) is 4.90 Å². The molecule has 5 nitrogen and oxygen atoms in total. The van der Waals surface area contributed by atoms with Crippen LogP contribution in [0, 0.1) is 0 Å². The van der Waals surface area contributed by atoms with E-state index in [2.05, 4.69) is 0 Å². The Balaban J connectivity index is 0.000000414. The second-order valence-electron chi connectivity index (χ2n) is 8.92. The van der Waals surface area contributed by atoms with Crippen LogP contribution < -0.4 is 0 Å². The molecule has 0 saturated carbocycles. The maximum Gasteiger partial charge on any atom is 0.485 e. The van der Waals surface area contributed by atoms with Gasteiger partial charge in [0.05, 0.1) is 37.3 Å². The molecule has 3 aliphatic heterocycles. The van der Waals surface area contributed by atoms with Gasteiger partial charge < -0.3 is 9.04 Å². The lowest BCUT2D eigenvalue weighted by Gasteiger charge is -2.58. The first-order valence-corrected chi connectivity index (χ1v) is 12.1. The number of hydrogen-bond acceptors (Lipinski definition) is 4. The molecule has 2 aromatic carbocycles. The third-order valence-corrected chi connectivity index (χ3v) is 7.18. The van der Waals surface area contributed by atoms with Gasteiger partial charge in [-0.25, -0.2) is 8.42 Å². The zero-order chi connectivity index (χ0) is 28.0. The molecule has 2 aromatic rings. The van der Waals surface area contributed by atoms with E-state index in [0.29, 0.717) is 30.7 Å². The smallest absolute Gasteiger partial charge is 0.485 e. The van der Waals surface area contributed by atoms with Crippen molar-refractivity contribution >= 4 is 10.1 Å². The van der Waals surface area contributed by atoms with E-state index in [4.69, 9.17) is 13.0 Å². The second kappa shape index (κ2) is 9.75. The summed E-state index contributed by atoms with van der Waals surface area (Å²) >= 11 is 0. The lowest BCUT2D eigenvalue weighted by molar-refractivity contribution is -0.958. The van der Waals surface area contributed by atoms with Crippen LogP contribution in [-0.2, 0) is 22.5 Å². The highest BCUT2D eigenvalue weighted by Crippen LogP contribution is 2.52. The number of halogens is 9. The summed E-state index contributed by atoms with van der Waals surface area (Å²) in [7, 11) is -4.23. The van der Waals surface area contributed by atoms with Gasteiger partial charge >= 0.3 is 17.9 Å². The molecule has 3 aliphatic rings. The standard InChI is InChI=1S/C21H21F6N2.CHF3O3S/c1-29-12-10-28(11-13-29)18(14-6-2-4-8-16(14)20(22,23)24)19(29)15-7-3-5-9-17(15)21(25,26)27;2-1(3,4)8(5,6)7/h2-9,18-19H,10-13H2,1H3;(H,5,6,7)/q+1;/p-1/t18-,19-;/m0./s1. The number of rotatable bonds is 2. The number of alkyl halides is 9. The van der Waals surface area contributed by atoms with Gasteiger partial charge in [0.15, 0.2) is 10.1 Å². The molecule has 0 spiro atoms. The monoisotopic (exact) mass is 564 g/mol. The van der Waals surface area contributed by atoms with Crippen molar-refractivity contribution in [3.8, 4) is 0 Å². The van der Waals surface area contributed by atoms with Crippen molar-refractivity contribution in [3.63, 3.8) is 0 Å². The maximum atomic E-state index is 13.8. The summed E-state index contributed by atoms with van der Waals surface area (Å²) in [5.41, 5.74) is -7.08. The van der Waals surface area contributed by atoms with Crippen LogP contribution in [0.5, 0.6) is 0 Å². The van der Waals surface area contributed by atoms with Crippen molar-refractivity contribution in [2.45, 2.75) is 29.9 Å². The van der Waals surface area contributed by atoms with Crippen molar-refractivity contribution in [3.05, 3.63) is 70.8 Å². The summed E-state index contributed by atoms with van der Waals surface area (Å²) in [5, 5.41) is 0. The molecule has 3 fully saturated rings. The zero-order valence-corrected chi connectivity index (χ0v) is 19.8. The molecular formula is C22H21F9N2O3S. The lowest BCUT2D eigenvalue weighted by Crippen LogP contribution is -2.67. The summed E-state index contributed by atoms with van der Waals surface area (Å²) in [6.45, 7) is 2.30. The molecule has 206 valence electrons. The Morgan fingerprint density at radius 1 is 0.784 bits per heavy atom. The first kappa shape index (κ1) is 29.2. The Labute approximate surface area is 206 Å². The normalized spacial score (nSPS) is 26.4. The molecule has 0 radical (unpaired) electrons. The molecule has 0 N–H and O–H groups in total. The second-order valence-corrected chi connectivity index (χ2v) is 10.3. The third kappa shape index (κ3) is 6.04. The number of piperazine rings is 3. The van der Waals surface area contributed by atoms with Crippen molar-refractivity contribution in [1.29, 1.82) is 0 Å². The van der Waals surface area contributed by atoms with Gasteiger partial charge in [0.25, 0.3) is 0 Å². The number of benzene rings is 2. The van der Waals surface area contributed by atoms with Crippen LogP contribution in [0.2, 0.25) is 0 Å². The molecular weight excluding hydrogens is 543 g/mol. The van der Waals surface area contributed by atoms with E-state index >= 15 is 0 Å². The highest BCUT2D eigenvalue weighted by atomic mass is 32.2. The van der Waals surface area contributed by atoms with Gasteiger partial charge in [-0.15, -0.1) is 0 Å². The van der Waals surface area contributed by atoms with Gasteiger partial charge in [0, 0.05) is 18.7 Å². The van der Waals surface area contributed by atoms with Crippen LogP contribution in [0.25, 0.3) is 0 Å². The van der Waals surface area contributed by atoms with Crippen LogP contribution in [0.4, 0.5) is 39.5 Å². The highest BCUT2D eigenvalue weighted by Gasteiger charge is 2.55. The van der Waals surface area contributed by atoms with Crippen LogP contribution in [-0.4, -0.2) is 61.1 Å². The molecule has 5 rings (SSSR count). The topological polar surface area (TPSA) is 60.4 Å². The predicted octanol–water partition coefficient (Wildman–Crippen LogP) is 5.33. The number of nitrogens with zero attached hydrogens (tertiary/aromatic N) is 2. The Morgan fingerprint density at radius 2 is 1.16 bits per heavy atom. The fourth-order valence-corrected chi connectivity index (χ4v) is 4.93. The molecule has 0 aromatic heterocycles. The average molecular weight is 564 g/mol. The van der Waals surface area contributed by atoms with Gasteiger partial charge in [0.1, 0.15) is 6.04 Å². The molecule has 2 bridgehead atoms. The molecule has 15 heteroatoms. The molecule has 0 unspecified atom stereocenters. The van der Waals surface area contributed by atoms with Crippen molar-refractivity contribution < 1.29 is 57.0 Å². The van der Waals surface area contributed by atoms with E-state index in [1.54, 1.807) is 0 Å². The van der Waals surface area contributed by atoms with E-state index in [-0.39, 0.29) is 11.1 Å². The van der Waals surface area contributed by atoms with Gasteiger partial charge in [-0.05, 0) is 17.7 Å². The molecule has 2 atom stereocenters. The van der Waals surface area contributed by atoms with E-state index in [1.165, 1.54) is 36.4 Å². The summed E-state index contributed by atoms with van der Waals surface area (Å²) in [6, 6.07) is 9.04. The van der Waals surface area contributed by atoms with E-state index in [9.17, 15) is 39.5 Å². The van der Waals surface area contributed by atoms with Crippen molar-refractivity contribution in [2.75, 3.05) is 33.2 Å². The number of fused-ring (bicyclic) bond motifs is 3. The van der Waals surface area contributed by atoms with Gasteiger partial charge in [0.2, 0.25) is 0 Å². The number of quaternary nitrogens is 1. The molecule has 0 amide bonds. The fraction of sp³-hybridized carbons (Fsp3) is 0.455. The number of likely N-dealkylation sites (N-methyl/N-ethyl adjacent to an activating group) is 1. The van der Waals surface area contributed by atoms with Crippen molar-refractivity contribution in [2.24, 2.45) is 0 Å². The van der Waals surface area contributed by atoms with E-state index in [1.807, 2.05) is 11.9 Å². The van der Waals surface area contributed by atoms with E-state index < -0.39 is 51.2 Å². The number of hydrogen-bond donors (Lipinski definition) is 0. The van der Waals surface area contributed by atoms with E-state index in [0.717, 1.165) is 12.1 Å². The average Bonchev–Trinajstić information content (AvgIpc) is 2.76. The minimum Gasteiger partial charge on any atom is -0.741 e. The summed E-state index contributed by atoms with van der Waals surface area (Å²) in [6.07, 6.45) is -9.15. The summed E-state index contributed by atoms with van der Waals surface area (Å²) in [4.78, 5) is 1.91. The van der Waals surface area contributed by atoms with Crippen molar-refractivity contribution in [1.82, 2.24) is 4.90 Å². The van der Waals surface area contributed by atoms with Crippen LogP contribution >= 0.6 is 0 Å². The SMILES string of the molecule is C[N+]12CCN(CC1)[C@@H](c1ccccc1C(F)(F)F)[C@@H]2c1ccccc1C(F)(F)F.O=S(=O)([O-])C(F)(F)F. The molecule has 0 aliphatic carbocycles. The zero-order valence-electron chi connectivity index (χ0n) is 19.0. The summed E-state index contributed by atoms with van der Waals surface area (Å²) in [5.74, 6) is 0. The minimum atomic E-state index is -6.09. The predicted molar refractivity (Wildman–Crippen MR) is 112 cm³/mol. The fourth-order valence-electron chi connectivity index (χ4n) is 4.93. The Bertz CT molecular complexity index is 1220. The maximum absolute atomic E-state index is 13.8.